The lowest BCUT2D eigenvalue weighted by Gasteiger charge is -2.09. The zero-order valence-electron chi connectivity index (χ0n) is 11.2. The Morgan fingerprint density at radius 2 is 1.86 bits per heavy atom. The molecule has 3 aromatic rings. The minimum atomic E-state index is -1.51. The van der Waals surface area contributed by atoms with E-state index in [1.54, 1.807) is 12.1 Å². The molecule has 108 valence electrons. The van der Waals surface area contributed by atoms with Gasteiger partial charge in [0.15, 0.2) is 0 Å². The predicted molar refractivity (Wildman–Crippen MR) is 80.8 cm³/mol. The Bertz CT molecular complexity index is 767. The molecule has 0 saturated carbocycles. The summed E-state index contributed by atoms with van der Waals surface area (Å²) in [6, 6.07) is 14.9. The number of hydrogen-bond acceptors (Lipinski definition) is 3. The number of nitrogens with two attached hydrogens (primary N) is 1. The van der Waals surface area contributed by atoms with Crippen molar-refractivity contribution < 1.29 is 13.0 Å². The lowest BCUT2D eigenvalue weighted by molar-refractivity contribution is 0.513. The van der Waals surface area contributed by atoms with E-state index >= 15 is 0 Å². The van der Waals surface area contributed by atoms with Crippen molar-refractivity contribution in [1.82, 2.24) is 0 Å². The van der Waals surface area contributed by atoms with Crippen molar-refractivity contribution in [1.29, 1.82) is 0 Å². The Balaban J connectivity index is 1.81. The van der Waals surface area contributed by atoms with Gasteiger partial charge in [0.25, 0.3) is 0 Å². The van der Waals surface area contributed by atoms with Crippen LogP contribution in [-0.4, -0.2) is 9.96 Å². The van der Waals surface area contributed by atoms with Crippen LogP contribution in [0.5, 0.6) is 0 Å². The van der Waals surface area contributed by atoms with E-state index in [1.807, 2.05) is 30.3 Å². The molecule has 2 atom stereocenters. The zero-order valence-corrected chi connectivity index (χ0v) is 12.0. The second-order valence-electron chi connectivity index (χ2n) is 4.74. The molecule has 5 heteroatoms. The molecule has 1 aromatic heterocycles. The van der Waals surface area contributed by atoms with E-state index in [9.17, 15) is 8.60 Å². The lowest BCUT2D eigenvalue weighted by atomic mass is 10.2. The highest BCUT2D eigenvalue weighted by Crippen LogP contribution is 2.24. The summed E-state index contributed by atoms with van der Waals surface area (Å²) in [5.74, 6) is 0.189. The Morgan fingerprint density at radius 3 is 2.62 bits per heavy atom. The Kier molecular flexibility index (Phi) is 3.86. The van der Waals surface area contributed by atoms with Gasteiger partial charge < -0.3 is 10.2 Å². The Hall–Kier alpha value is -1.98. The summed E-state index contributed by atoms with van der Waals surface area (Å²) in [5.41, 5.74) is 6.77. The number of hydrogen-bond donors (Lipinski definition) is 1. The molecular weight excluding hydrogens is 289 g/mol. The van der Waals surface area contributed by atoms with Crippen LogP contribution in [0.1, 0.15) is 11.8 Å². The van der Waals surface area contributed by atoms with Gasteiger partial charge in [-0.3, -0.25) is 4.21 Å². The third kappa shape index (κ3) is 2.89. The van der Waals surface area contributed by atoms with Gasteiger partial charge in [0.1, 0.15) is 17.2 Å². The number of furan rings is 1. The van der Waals surface area contributed by atoms with E-state index in [-0.39, 0.29) is 10.6 Å². The van der Waals surface area contributed by atoms with Crippen LogP contribution in [0.25, 0.3) is 11.0 Å². The van der Waals surface area contributed by atoms with Crippen molar-refractivity contribution in [3.8, 4) is 0 Å². The molecule has 2 aromatic carbocycles. The first-order valence-electron chi connectivity index (χ1n) is 6.52. The van der Waals surface area contributed by atoms with Gasteiger partial charge in [0, 0.05) is 5.39 Å². The maximum Gasteiger partial charge on any atom is 0.139 e. The summed E-state index contributed by atoms with van der Waals surface area (Å²) >= 11 is 0. The lowest BCUT2D eigenvalue weighted by Crippen LogP contribution is -2.18. The molecule has 2 unspecified atom stereocenters. The normalized spacial score (nSPS) is 14.2. The molecule has 1 heterocycles. The second kappa shape index (κ2) is 5.79. The molecule has 3 rings (SSSR count). The van der Waals surface area contributed by atoms with Crippen LogP contribution < -0.4 is 5.73 Å². The van der Waals surface area contributed by atoms with Gasteiger partial charge in [-0.05, 0) is 24.3 Å². The number of halogens is 1. The average molecular weight is 303 g/mol. The summed E-state index contributed by atoms with van der Waals surface area (Å²) in [7, 11) is -1.51. The molecule has 0 saturated heterocycles. The number of fused-ring (bicyclic) bond motifs is 1. The number of para-hydroxylation sites is 1. The van der Waals surface area contributed by atoms with E-state index in [0.29, 0.717) is 5.76 Å². The summed E-state index contributed by atoms with van der Waals surface area (Å²) in [6.07, 6.45) is 0. The van der Waals surface area contributed by atoms with Gasteiger partial charge in [0.05, 0.1) is 27.5 Å². The molecule has 0 spiro atoms. The molecule has 0 aliphatic heterocycles. The van der Waals surface area contributed by atoms with Gasteiger partial charge in [0.2, 0.25) is 0 Å². The van der Waals surface area contributed by atoms with Crippen LogP contribution in [0.15, 0.2) is 63.9 Å². The largest absolute Gasteiger partial charge is 0.459 e. The smallest absolute Gasteiger partial charge is 0.139 e. The third-order valence-corrected chi connectivity index (χ3v) is 4.71. The highest BCUT2D eigenvalue weighted by atomic mass is 32.2. The van der Waals surface area contributed by atoms with Crippen LogP contribution in [0.3, 0.4) is 0 Å². The molecule has 0 aliphatic carbocycles. The van der Waals surface area contributed by atoms with Gasteiger partial charge in [-0.15, -0.1) is 0 Å². The standard InChI is InChI=1S/C16H14FNO2S/c17-12-6-2-4-8-16(12)21(19)10-13(18)15-9-11-5-1-3-7-14(11)20-15/h1-9,13H,10,18H2. The fraction of sp³-hybridized carbons (Fsp3) is 0.125. The Morgan fingerprint density at radius 1 is 1.14 bits per heavy atom. The van der Waals surface area contributed by atoms with Gasteiger partial charge >= 0.3 is 0 Å². The number of benzene rings is 2. The average Bonchev–Trinajstić information content (AvgIpc) is 2.91. The van der Waals surface area contributed by atoms with Gasteiger partial charge in [-0.2, -0.15) is 0 Å². The summed E-state index contributed by atoms with van der Waals surface area (Å²) in [6.45, 7) is 0. The molecule has 0 aliphatic rings. The highest BCUT2D eigenvalue weighted by Gasteiger charge is 2.18. The summed E-state index contributed by atoms with van der Waals surface area (Å²) in [5, 5.41) is 0.944. The maximum absolute atomic E-state index is 13.6. The van der Waals surface area contributed by atoms with Gasteiger partial charge in [-0.25, -0.2) is 4.39 Å². The van der Waals surface area contributed by atoms with Gasteiger partial charge in [-0.1, -0.05) is 30.3 Å². The topological polar surface area (TPSA) is 56.2 Å². The molecule has 0 radical (unpaired) electrons. The SMILES string of the molecule is NC(CS(=O)c1ccccc1F)c1cc2ccccc2o1. The Labute approximate surface area is 124 Å². The van der Waals surface area contributed by atoms with Crippen molar-refractivity contribution in [3.05, 3.63) is 66.2 Å². The first kappa shape index (κ1) is 14.0. The van der Waals surface area contributed by atoms with Crippen molar-refractivity contribution >= 4 is 21.8 Å². The minimum absolute atomic E-state index is 0.112. The van der Waals surface area contributed by atoms with E-state index in [4.69, 9.17) is 10.2 Å². The summed E-state index contributed by atoms with van der Waals surface area (Å²) in [4.78, 5) is 0.170. The molecule has 21 heavy (non-hydrogen) atoms. The second-order valence-corrected chi connectivity index (χ2v) is 6.20. The molecule has 3 nitrogen and oxygen atoms in total. The quantitative estimate of drug-likeness (QED) is 0.804. The first-order valence-corrected chi connectivity index (χ1v) is 7.84. The highest BCUT2D eigenvalue weighted by molar-refractivity contribution is 7.85. The van der Waals surface area contributed by atoms with E-state index in [1.165, 1.54) is 12.1 Å². The van der Waals surface area contributed by atoms with E-state index < -0.39 is 22.7 Å². The van der Waals surface area contributed by atoms with E-state index in [0.717, 1.165) is 11.0 Å². The minimum Gasteiger partial charge on any atom is -0.459 e. The van der Waals surface area contributed by atoms with Crippen molar-refractivity contribution in [2.75, 3.05) is 5.75 Å². The van der Waals surface area contributed by atoms with Crippen LogP contribution in [0.2, 0.25) is 0 Å². The van der Waals surface area contributed by atoms with E-state index in [2.05, 4.69) is 0 Å². The summed E-state index contributed by atoms with van der Waals surface area (Å²) < 4.78 is 31.5. The fourth-order valence-corrected chi connectivity index (χ4v) is 3.34. The molecule has 0 fully saturated rings. The fourth-order valence-electron chi connectivity index (χ4n) is 2.15. The maximum atomic E-state index is 13.6. The molecule has 0 bridgehead atoms. The van der Waals surface area contributed by atoms with Crippen LogP contribution >= 0.6 is 0 Å². The van der Waals surface area contributed by atoms with Crippen molar-refractivity contribution in [2.45, 2.75) is 10.9 Å². The third-order valence-electron chi connectivity index (χ3n) is 3.22. The first-order chi connectivity index (χ1) is 10.1. The number of rotatable bonds is 4. The van der Waals surface area contributed by atoms with Crippen LogP contribution in [0.4, 0.5) is 4.39 Å². The predicted octanol–water partition coefficient (Wildman–Crippen LogP) is 3.38. The molecular formula is C16H14FNO2S. The molecule has 2 N–H and O–H groups in total. The van der Waals surface area contributed by atoms with Crippen LogP contribution in [-0.2, 0) is 10.8 Å². The van der Waals surface area contributed by atoms with Crippen molar-refractivity contribution in [2.24, 2.45) is 5.73 Å². The van der Waals surface area contributed by atoms with Crippen LogP contribution in [0, 0.1) is 5.82 Å². The molecule has 0 amide bonds. The zero-order chi connectivity index (χ0) is 14.8. The van der Waals surface area contributed by atoms with Crippen molar-refractivity contribution in [3.63, 3.8) is 0 Å². The monoisotopic (exact) mass is 303 g/mol.